The molecule has 1 aliphatic rings. The summed E-state index contributed by atoms with van der Waals surface area (Å²) in [5, 5.41) is 19.8. The number of aromatic nitrogens is 2. The van der Waals surface area contributed by atoms with E-state index in [0.29, 0.717) is 0 Å². The Bertz CT molecular complexity index is 668. The molecule has 1 aromatic heterocycles. The lowest BCUT2D eigenvalue weighted by Gasteiger charge is -2.21. The van der Waals surface area contributed by atoms with E-state index in [0.717, 1.165) is 12.2 Å². The first kappa shape index (κ1) is 11.8. The zero-order valence-corrected chi connectivity index (χ0v) is 8.80. The summed E-state index contributed by atoms with van der Waals surface area (Å²) in [6.45, 7) is 0. The number of aliphatic carboxylic acids is 1. The van der Waals surface area contributed by atoms with Crippen LogP contribution < -0.4 is 11.2 Å². The Kier molecular flexibility index (Phi) is 2.39. The molecule has 0 amide bonds. The first-order chi connectivity index (χ1) is 8.36. The van der Waals surface area contributed by atoms with Gasteiger partial charge in [-0.2, -0.15) is 0 Å². The SMILES string of the molecule is O=C(O)C1([N+](=O)[O-])C=Cc2[nH]c(=O)[nH]c(=O)c2C1. The Morgan fingerprint density at radius 2 is 2.11 bits per heavy atom. The number of carbonyl (C=O) groups is 1. The van der Waals surface area contributed by atoms with Crippen LogP contribution in [0.4, 0.5) is 0 Å². The number of fused-ring (bicyclic) bond motifs is 1. The van der Waals surface area contributed by atoms with E-state index in [4.69, 9.17) is 5.11 Å². The van der Waals surface area contributed by atoms with E-state index in [-0.39, 0.29) is 11.3 Å². The van der Waals surface area contributed by atoms with Gasteiger partial charge in [0.05, 0.1) is 12.1 Å². The van der Waals surface area contributed by atoms with Gasteiger partial charge in [0.15, 0.2) is 0 Å². The van der Waals surface area contributed by atoms with Gasteiger partial charge in [-0.05, 0) is 6.08 Å². The van der Waals surface area contributed by atoms with Crippen LogP contribution >= 0.6 is 0 Å². The summed E-state index contributed by atoms with van der Waals surface area (Å²) < 4.78 is 0. The molecule has 3 N–H and O–H groups in total. The highest BCUT2D eigenvalue weighted by Crippen LogP contribution is 2.25. The normalized spacial score (nSPS) is 21.3. The maximum absolute atomic E-state index is 11.5. The summed E-state index contributed by atoms with van der Waals surface area (Å²) in [6, 6.07) is 0. The smallest absolute Gasteiger partial charge is 0.387 e. The molecule has 2 rings (SSSR count). The summed E-state index contributed by atoms with van der Waals surface area (Å²) in [5.74, 6) is -1.67. The molecule has 1 atom stereocenters. The zero-order valence-electron chi connectivity index (χ0n) is 8.80. The molecule has 0 aromatic carbocycles. The van der Waals surface area contributed by atoms with E-state index in [2.05, 4.69) is 4.98 Å². The lowest BCUT2D eigenvalue weighted by molar-refractivity contribution is -0.540. The third-order valence-electron chi connectivity index (χ3n) is 2.74. The van der Waals surface area contributed by atoms with Crippen molar-refractivity contribution >= 4 is 12.0 Å². The molecular weight excluding hydrogens is 246 g/mol. The highest BCUT2D eigenvalue weighted by Gasteiger charge is 2.51. The molecule has 0 saturated heterocycles. The largest absolute Gasteiger partial charge is 0.476 e. The van der Waals surface area contributed by atoms with Crippen LogP contribution in [-0.4, -0.2) is 31.5 Å². The molecule has 1 unspecified atom stereocenters. The van der Waals surface area contributed by atoms with Gasteiger partial charge in [0, 0.05) is 16.6 Å². The second-order valence-corrected chi connectivity index (χ2v) is 3.80. The number of nitrogens with zero attached hydrogens (tertiary/aromatic N) is 1. The van der Waals surface area contributed by atoms with Gasteiger partial charge in [-0.3, -0.25) is 19.9 Å². The number of nitro groups is 1. The van der Waals surface area contributed by atoms with Gasteiger partial charge in [0.25, 0.3) is 5.56 Å². The molecule has 0 saturated carbocycles. The van der Waals surface area contributed by atoms with Crippen molar-refractivity contribution in [1.29, 1.82) is 0 Å². The van der Waals surface area contributed by atoms with Gasteiger partial charge >= 0.3 is 17.2 Å². The monoisotopic (exact) mass is 253 g/mol. The summed E-state index contributed by atoms with van der Waals surface area (Å²) in [6.07, 6.45) is 1.30. The Morgan fingerprint density at radius 1 is 1.44 bits per heavy atom. The fourth-order valence-electron chi connectivity index (χ4n) is 1.75. The molecule has 1 aliphatic carbocycles. The lowest BCUT2D eigenvalue weighted by atomic mass is 9.86. The maximum Gasteiger partial charge on any atom is 0.387 e. The minimum atomic E-state index is -2.38. The molecule has 0 radical (unpaired) electrons. The van der Waals surface area contributed by atoms with Crippen molar-refractivity contribution in [3.63, 3.8) is 0 Å². The van der Waals surface area contributed by atoms with Crippen LogP contribution in [0.25, 0.3) is 6.08 Å². The van der Waals surface area contributed by atoms with Crippen molar-refractivity contribution in [1.82, 2.24) is 9.97 Å². The number of aromatic amines is 2. The van der Waals surface area contributed by atoms with Crippen molar-refractivity contribution in [2.45, 2.75) is 12.0 Å². The van der Waals surface area contributed by atoms with Crippen molar-refractivity contribution < 1.29 is 14.8 Å². The third kappa shape index (κ3) is 1.52. The van der Waals surface area contributed by atoms with Gasteiger partial charge in [-0.25, -0.2) is 9.59 Å². The van der Waals surface area contributed by atoms with E-state index in [1.165, 1.54) is 0 Å². The summed E-state index contributed by atoms with van der Waals surface area (Å²) >= 11 is 0. The van der Waals surface area contributed by atoms with Gasteiger partial charge in [-0.15, -0.1) is 0 Å². The molecule has 0 spiro atoms. The molecule has 94 valence electrons. The highest BCUT2D eigenvalue weighted by atomic mass is 16.6. The van der Waals surface area contributed by atoms with Crippen LogP contribution in [0.1, 0.15) is 11.3 Å². The standard InChI is InChI=1S/C9H7N3O6/c13-6-4-3-9(7(14)15,12(17)18)2-1-5(4)10-8(16)11-6/h1-2H,3H2,(H,14,15)(H2,10,11,13,16). The predicted molar refractivity (Wildman–Crippen MR) is 57.8 cm³/mol. The summed E-state index contributed by atoms with van der Waals surface area (Å²) in [7, 11) is 0. The Labute approximate surface area is 97.9 Å². The second kappa shape index (κ2) is 3.65. The molecule has 1 heterocycles. The van der Waals surface area contributed by atoms with E-state index in [1.807, 2.05) is 4.98 Å². The minimum Gasteiger partial charge on any atom is -0.476 e. The fourth-order valence-corrected chi connectivity index (χ4v) is 1.75. The molecule has 9 heteroatoms. The maximum atomic E-state index is 11.5. The Hall–Kier alpha value is -2.71. The van der Waals surface area contributed by atoms with Crippen LogP contribution in [0.15, 0.2) is 15.7 Å². The number of hydrogen-bond acceptors (Lipinski definition) is 5. The van der Waals surface area contributed by atoms with Crippen molar-refractivity contribution in [3.05, 3.63) is 48.3 Å². The minimum absolute atomic E-state index is 0.0856. The van der Waals surface area contributed by atoms with Crippen LogP contribution in [0, 0.1) is 10.1 Å². The van der Waals surface area contributed by atoms with Crippen LogP contribution in [0.3, 0.4) is 0 Å². The number of carboxylic acid groups (broad SMARTS) is 1. The lowest BCUT2D eigenvalue weighted by Crippen LogP contribution is -2.49. The van der Waals surface area contributed by atoms with Crippen LogP contribution in [0.5, 0.6) is 0 Å². The molecule has 1 aromatic rings. The topological polar surface area (TPSA) is 146 Å². The number of H-pyrrole nitrogens is 2. The van der Waals surface area contributed by atoms with Gasteiger partial charge < -0.3 is 10.1 Å². The van der Waals surface area contributed by atoms with Crippen molar-refractivity contribution in [2.24, 2.45) is 0 Å². The summed E-state index contributed by atoms with van der Waals surface area (Å²) in [5.41, 5.74) is -4.00. The number of carboxylic acids is 1. The van der Waals surface area contributed by atoms with Gasteiger partial charge in [0.2, 0.25) is 0 Å². The van der Waals surface area contributed by atoms with Crippen LogP contribution in [-0.2, 0) is 11.2 Å². The van der Waals surface area contributed by atoms with Gasteiger partial charge in [-0.1, -0.05) is 0 Å². The molecule has 0 bridgehead atoms. The average Bonchev–Trinajstić information content (AvgIpc) is 2.27. The molecule has 0 fully saturated rings. The predicted octanol–water partition coefficient (Wildman–Crippen LogP) is -1.27. The molecule has 9 nitrogen and oxygen atoms in total. The zero-order chi connectivity index (χ0) is 13.5. The average molecular weight is 253 g/mol. The quantitative estimate of drug-likeness (QED) is 0.442. The Balaban J connectivity index is 2.67. The first-order valence-corrected chi connectivity index (χ1v) is 4.79. The van der Waals surface area contributed by atoms with E-state index in [9.17, 15) is 24.5 Å². The number of rotatable bonds is 2. The molecular formula is C9H7N3O6. The first-order valence-electron chi connectivity index (χ1n) is 4.79. The number of hydrogen-bond donors (Lipinski definition) is 3. The van der Waals surface area contributed by atoms with Crippen molar-refractivity contribution in [3.8, 4) is 0 Å². The highest BCUT2D eigenvalue weighted by molar-refractivity contribution is 5.83. The van der Waals surface area contributed by atoms with Crippen LogP contribution in [0.2, 0.25) is 0 Å². The third-order valence-corrected chi connectivity index (χ3v) is 2.74. The summed E-state index contributed by atoms with van der Waals surface area (Å²) in [4.78, 5) is 47.6. The van der Waals surface area contributed by atoms with E-state index >= 15 is 0 Å². The molecule has 0 aliphatic heterocycles. The second-order valence-electron chi connectivity index (χ2n) is 3.80. The van der Waals surface area contributed by atoms with Crippen molar-refractivity contribution in [2.75, 3.05) is 0 Å². The van der Waals surface area contributed by atoms with E-state index in [1.54, 1.807) is 0 Å². The molecule has 18 heavy (non-hydrogen) atoms. The fraction of sp³-hybridized carbons (Fsp3) is 0.222. The Morgan fingerprint density at radius 3 is 2.67 bits per heavy atom. The number of nitrogens with one attached hydrogen (secondary N) is 2. The van der Waals surface area contributed by atoms with Gasteiger partial charge in [0.1, 0.15) is 0 Å². The van der Waals surface area contributed by atoms with E-state index < -0.39 is 34.1 Å².